The molecule has 1 aromatic rings. The van der Waals surface area contributed by atoms with E-state index in [2.05, 4.69) is 30.1 Å². The first-order valence-electron chi connectivity index (χ1n) is 23.7. The first-order chi connectivity index (χ1) is 31.3. The van der Waals surface area contributed by atoms with Crippen LogP contribution in [-0.4, -0.2) is 108 Å². The van der Waals surface area contributed by atoms with Gasteiger partial charge in [-0.3, -0.25) is 23.2 Å². The molecule has 22 heteroatoms. The van der Waals surface area contributed by atoms with Gasteiger partial charge in [0.1, 0.15) is 30.7 Å². The Bertz CT molecular complexity index is 1700. The maximum absolute atomic E-state index is 12.8. The van der Waals surface area contributed by atoms with Crippen molar-refractivity contribution in [1.29, 1.82) is 0 Å². The van der Waals surface area contributed by atoms with E-state index >= 15 is 0 Å². The number of aliphatic hydroxyl groups excluding tert-OH is 4. The number of aliphatic hydroxyl groups is 4. The van der Waals surface area contributed by atoms with Crippen LogP contribution in [0, 0.1) is 5.92 Å². The second-order valence-corrected chi connectivity index (χ2v) is 20.4. The summed E-state index contributed by atoms with van der Waals surface area (Å²) in [5.41, 5.74) is 4.56. The second kappa shape index (κ2) is 33.0. The Kier molecular flexibility index (Phi) is 29.8. The summed E-state index contributed by atoms with van der Waals surface area (Å²) in [6, 6.07) is 1.24. The number of aromatic nitrogens is 2. The molecule has 8 N–H and O–H groups in total. The maximum Gasteiger partial charge on any atom is 0.481 e. The number of rotatable bonds is 38. The number of phosphoric ester groups is 2. The summed E-state index contributed by atoms with van der Waals surface area (Å²) in [5, 5.41) is 41.4. The number of allylic oxidation sites excluding steroid dienone is 1. The van der Waals surface area contributed by atoms with Crippen molar-refractivity contribution >= 4 is 33.4 Å². The molecule has 382 valence electrons. The van der Waals surface area contributed by atoms with Crippen molar-refractivity contribution in [2.45, 2.75) is 205 Å². The summed E-state index contributed by atoms with van der Waals surface area (Å²) < 4.78 is 56.5. The summed E-state index contributed by atoms with van der Waals surface area (Å²) in [7, 11) is -10.9. The molecule has 0 aliphatic carbocycles. The highest BCUT2D eigenvalue weighted by Gasteiger charge is 2.46. The lowest BCUT2D eigenvalue weighted by molar-refractivity contribution is -0.161. The molecule has 2 heterocycles. The molecule has 0 aromatic carbocycles. The van der Waals surface area contributed by atoms with Gasteiger partial charge >= 0.3 is 33.3 Å². The first kappa shape index (κ1) is 59.5. The minimum Gasteiger partial charge on any atom is -0.462 e. The van der Waals surface area contributed by atoms with Gasteiger partial charge in [-0.05, 0) is 50.5 Å². The molecule has 1 aliphatic rings. The van der Waals surface area contributed by atoms with Crippen LogP contribution in [-0.2, 0) is 46.3 Å². The zero-order valence-corrected chi connectivity index (χ0v) is 40.9. The van der Waals surface area contributed by atoms with Crippen LogP contribution in [0.25, 0.3) is 0 Å². The van der Waals surface area contributed by atoms with Crippen LogP contribution in [0.4, 0.5) is 5.82 Å². The van der Waals surface area contributed by atoms with Crippen molar-refractivity contribution in [2.24, 2.45) is 5.92 Å². The number of nitrogens with zero attached hydrogens (tertiary/aromatic N) is 2. The van der Waals surface area contributed by atoms with E-state index < -0.39 is 95.9 Å². The first-order valence-corrected chi connectivity index (χ1v) is 26.7. The average molecular weight is 984 g/mol. The predicted octanol–water partition coefficient (Wildman–Crippen LogP) is 6.69. The van der Waals surface area contributed by atoms with Crippen molar-refractivity contribution in [2.75, 3.05) is 25.6 Å². The number of ether oxygens (including phenoxy) is 3. The van der Waals surface area contributed by atoms with Gasteiger partial charge in [0, 0.05) is 19.0 Å². The minimum absolute atomic E-state index is 0.0464. The Balaban J connectivity index is 1.86. The quantitative estimate of drug-likeness (QED) is 0.0157. The van der Waals surface area contributed by atoms with Crippen molar-refractivity contribution in [3.8, 4) is 0 Å². The summed E-state index contributed by atoms with van der Waals surface area (Å²) in [6.45, 7) is 4.17. The monoisotopic (exact) mass is 983 g/mol. The molecule has 2 unspecified atom stereocenters. The average Bonchev–Trinajstić information content (AvgIpc) is 3.53. The highest BCUT2D eigenvalue weighted by molar-refractivity contribution is 7.61. The molecule has 0 radical (unpaired) electrons. The van der Waals surface area contributed by atoms with Gasteiger partial charge in [0.05, 0.1) is 25.4 Å². The topological polar surface area (TPSA) is 306 Å². The van der Waals surface area contributed by atoms with E-state index in [0.717, 1.165) is 75.0 Å². The third-order valence-corrected chi connectivity index (χ3v) is 13.6. The molecular weight excluding hydrogens is 904 g/mol. The molecule has 66 heavy (non-hydrogen) atoms. The molecule has 20 nitrogen and oxygen atoms in total. The summed E-state index contributed by atoms with van der Waals surface area (Å²) in [5.74, 6) is -0.707. The number of esters is 2. The fraction of sp³-hybridized carbons (Fsp3) is 0.818. The van der Waals surface area contributed by atoms with Crippen molar-refractivity contribution in [3.63, 3.8) is 0 Å². The number of anilines is 1. The molecule has 0 bridgehead atoms. The number of carbonyl (C=O) groups excluding carboxylic acids is 2. The predicted molar refractivity (Wildman–Crippen MR) is 246 cm³/mol. The maximum atomic E-state index is 12.8. The van der Waals surface area contributed by atoms with Gasteiger partial charge in [-0.1, -0.05) is 123 Å². The summed E-state index contributed by atoms with van der Waals surface area (Å²) in [4.78, 5) is 61.7. The number of phosphoric acid groups is 2. The van der Waals surface area contributed by atoms with E-state index in [9.17, 15) is 53.7 Å². The number of unbranched alkanes of at least 4 members (excludes halogenated alkanes) is 14. The van der Waals surface area contributed by atoms with Gasteiger partial charge < -0.3 is 50.2 Å². The third kappa shape index (κ3) is 26.3. The zero-order chi connectivity index (χ0) is 49.0. The van der Waals surface area contributed by atoms with E-state index in [1.165, 1.54) is 31.7 Å². The lowest BCUT2D eigenvalue weighted by Gasteiger charge is -2.21. The van der Waals surface area contributed by atoms with Crippen LogP contribution in [0.5, 0.6) is 0 Å². The molecule has 0 saturated carbocycles. The van der Waals surface area contributed by atoms with Crippen LogP contribution in [0.1, 0.15) is 168 Å². The summed E-state index contributed by atoms with van der Waals surface area (Å²) in [6.07, 6.45) is 13.5. The van der Waals surface area contributed by atoms with Crippen molar-refractivity contribution in [1.82, 2.24) is 9.55 Å². The second-order valence-electron chi connectivity index (χ2n) is 17.4. The number of hydrogen-bond acceptors (Lipinski definition) is 17. The molecular formula is C44H79N3O17P2. The van der Waals surface area contributed by atoms with Crippen LogP contribution in [0.15, 0.2) is 29.2 Å². The highest BCUT2D eigenvalue weighted by atomic mass is 31.3. The smallest absolute Gasteiger partial charge is 0.462 e. The van der Waals surface area contributed by atoms with Crippen molar-refractivity contribution in [3.05, 3.63) is 34.9 Å². The number of nitrogen functional groups attached to an aromatic ring is 1. The van der Waals surface area contributed by atoms with E-state index in [0.29, 0.717) is 44.4 Å². The number of carbonyl (C=O) groups is 2. The molecule has 9 atom stereocenters. The fourth-order valence-electron chi connectivity index (χ4n) is 7.11. The molecule has 0 spiro atoms. The fourth-order valence-corrected chi connectivity index (χ4v) is 9.22. The largest absolute Gasteiger partial charge is 0.481 e. The van der Waals surface area contributed by atoms with Crippen LogP contribution >= 0.6 is 15.6 Å². The Labute approximate surface area is 389 Å². The molecule has 0 amide bonds. The van der Waals surface area contributed by atoms with Gasteiger partial charge in [0.2, 0.25) is 0 Å². The van der Waals surface area contributed by atoms with E-state index in [1.54, 1.807) is 0 Å². The van der Waals surface area contributed by atoms with E-state index in [-0.39, 0.29) is 18.7 Å². The van der Waals surface area contributed by atoms with E-state index in [1.807, 2.05) is 12.2 Å². The van der Waals surface area contributed by atoms with Gasteiger partial charge in [0.15, 0.2) is 12.3 Å². The van der Waals surface area contributed by atoms with Crippen LogP contribution in [0.2, 0.25) is 0 Å². The minimum atomic E-state index is -5.45. The SMILES string of the molecule is CCCCC/C=C\C[C@H](O)[C@@H](O)CCCCCCCC(=O)O[C@H](COC(=O)CCCCCCCCCCC(C)C)COP(=O)(O)OP(=O)(O)OC[C@H]1O[C@@H](n2ccc(N)nc2=O)[C@H](O)[C@@H]1O. The van der Waals surface area contributed by atoms with Gasteiger partial charge in [-0.2, -0.15) is 9.29 Å². The standard InChI is InChI=1S/C44H79N3O17P2/c1-4-5-6-7-14-19-24-35(48)36(49)25-20-15-12-17-22-27-40(51)62-34(30-59-39(50)26-21-16-11-9-8-10-13-18-23-33(2)3)31-60-65(55,56)64-66(57,58)61-32-37-41(52)42(53)43(63-37)47-29-28-38(45)46-44(47)54/h14,19,28-29,33-37,41-43,48-49,52-53H,4-13,15-18,20-27,30-32H2,1-3H3,(H,55,56)(H,57,58)(H2,45,46,54)/b19-14-/t34-,35+,36+,37-,41-,42-,43-/m1/s1. The molecule has 1 aliphatic heterocycles. The summed E-state index contributed by atoms with van der Waals surface area (Å²) >= 11 is 0. The Morgan fingerprint density at radius 1 is 0.803 bits per heavy atom. The molecule has 1 saturated heterocycles. The zero-order valence-electron chi connectivity index (χ0n) is 39.1. The Morgan fingerprint density at radius 2 is 1.39 bits per heavy atom. The highest BCUT2D eigenvalue weighted by Crippen LogP contribution is 2.60. The van der Waals surface area contributed by atoms with Crippen LogP contribution in [0.3, 0.4) is 0 Å². The van der Waals surface area contributed by atoms with Gasteiger partial charge in [0.25, 0.3) is 0 Å². The van der Waals surface area contributed by atoms with Crippen molar-refractivity contribution < 1.29 is 76.5 Å². The lowest BCUT2D eigenvalue weighted by Crippen LogP contribution is -2.36. The van der Waals surface area contributed by atoms with E-state index in [4.69, 9.17) is 29.0 Å². The molecule has 1 fully saturated rings. The molecule has 2 rings (SSSR count). The third-order valence-electron chi connectivity index (χ3n) is 11.0. The van der Waals surface area contributed by atoms with Crippen LogP contribution < -0.4 is 11.4 Å². The Hall–Kier alpha value is -2.58. The number of hydrogen-bond donors (Lipinski definition) is 7. The van der Waals surface area contributed by atoms with Gasteiger partial charge in [-0.25, -0.2) is 13.9 Å². The van der Waals surface area contributed by atoms with Gasteiger partial charge in [-0.15, -0.1) is 0 Å². The lowest BCUT2D eigenvalue weighted by atomic mass is 10.0. The normalized spacial score (nSPS) is 20.8. The number of nitrogens with two attached hydrogens (primary N) is 1. The Morgan fingerprint density at radius 3 is 2.02 bits per heavy atom. The molecule has 1 aromatic heterocycles.